The van der Waals surface area contributed by atoms with E-state index in [-0.39, 0.29) is 11.9 Å². The Kier molecular flexibility index (Phi) is 3.88. The smallest absolute Gasteiger partial charge is 0.239 e. The van der Waals surface area contributed by atoms with Gasteiger partial charge in [0.1, 0.15) is 11.0 Å². The molecule has 0 saturated carbocycles. The number of piperidine rings is 1. The van der Waals surface area contributed by atoms with Gasteiger partial charge in [0.25, 0.3) is 0 Å². The molecule has 1 aromatic carbocycles. The van der Waals surface area contributed by atoms with Gasteiger partial charge in [-0.1, -0.05) is 12.5 Å². The molecule has 2 aromatic rings. The first-order chi connectivity index (χ1) is 10.1. The van der Waals surface area contributed by atoms with Crippen molar-refractivity contribution in [3.05, 3.63) is 23.8 Å². The minimum Gasteiger partial charge on any atom is -0.340 e. The molecule has 112 valence electrons. The summed E-state index contributed by atoms with van der Waals surface area (Å²) >= 11 is 0. The highest BCUT2D eigenvalue weighted by atomic mass is 16.6. The summed E-state index contributed by atoms with van der Waals surface area (Å²) < 4.78 is 4.69. The Bertz CT molecular complexity index is 639. The van der Waals surface area contributed by atoms with Crippen LogP contribution in [-0.2, 0) is 11.3 Å². The van der Waals surface area contributed by atoms with E-state index in [1.807, 2.05) is 32.3 Å². The normalized spacial score (nSPS) is 19.8. The number of rotatable bonds is 3. The van der Waals surface area contributed by atoms with Crippen molar-refractivity contribution in [2.75, 3.05) is 20.6 Å². The van der Waals surface area contributed by atoms with Gasteiger partial charge in [0.15, 0.2) is 0 Å². The molecule has 1 saturated heterocycles. The molecular formula is C15H20N4O2. The molecule has 6 nitrogen and oxygen atoms in total. The Labute approximate surface area is 123 Å². The molecule has 21 heavy (non-hydrogen) atoms. The summed E-state index contributed by atoms with van der Waals surface area (Å²) in [6, 6.07) is 5.76. The predicted molar refractivity (Wildman–Crippen MR) is 78.5 cm³/mol. The zero-order valence-corrected chi connectivity index (χ0v) is 12.5. The van der Waals surface area contributed by atoms with Crippen molar-refractivity contribution < 1.29 is 9.42 Å². The van der Waals surface area contributed by atoms with Gasteiger partial charge in [-0.25, -0.2) is 4.63 Å². The lowest BCUT2D eigenvalue weighted by Crippen LogP contribution is -2.47. The third-order valence-electron chi connectivity index (χ3n) is 4.17. The van der Waals surface area contributed by atoms with Gasteiger partial charge in [0.2, 0.25) is 5.91 Å². The van der Waals surface area contributed by atoms with Gasteiger partial charge in [0, 0.05) is 13.6 Å². The van der Waals surface area contributed by atoms with Crippen molar-refractivity contribution in [3.8, 4) is 0 Å². The SMILES string of the molecule is CN(Cc1ccc2nonc2c1)C(=O)C1CCCCN1C. The van der Waals surface area contributed by atoms with Crippen LogP contribution in [0.2, 0.25) is 0 Å². The quantitative estimate of drug-likeness (QED) is 0.859. The third-order valence-corrected chi connectivity index (χ3v) is 4.17. The highest BCUT2D eigenvalue weighted by molar-refractivity contribution is 5.82. The molecule has 1 aliphatic heterocycles. The largest absolute Gasteiger partial charge is 0.340 e. The first kappa shape index (κ1) is 14.0. The first-order valence-electron chi connectivity index (χ1n) is 7.31. The monoisotopic (exact) mass is 288 g/mol. The van der Waals surface area contributed by atoms with Crippen molar-refractivity contribution in [2.45, 2.75) is 31.8 Å². The van der Waals surface area contributed by atoms with Crippen LogP contribution in [-0.4, -0.2) is 52.7 Å². The van der Waals surface area contributed by atoms with Crippen molar-refractivity contribution in [3.63, 3.8) is 0 Å². The number of fused-ring (bicyclic) bond motifs is 1. The number of likely N-dealkylation sites (N-methyl/N-ethyl adjacent to an activating group) is 2. The van der Waals surface area contributed by atoms with Crippen molar-refractivity contribution >= 4 is 16.9 Å². The van der Waals surface area contributed by atoms with Gasteiger partial charge in [-0.05, 0) is 54.4 Å². The second-order valence-electron chi connectivity index (χ2n) is 5.77. The van der Waals surface area contributed by atoms with Crippen LogP contribution in [0.4, 0.5) is 0 Å². The van der Waals surface area contributed by atoms with Crippen LogP contribution >= 0.6 is 0 Å². The molecular weight excluding hydrogens is 268 g/mol. The van der Waals surface area contributed by atoms with E-state index in [4.69, 9.17) is 4.63 Å². The molecule has 0 spiro atoms. The Balaban J connectivity index is 1.69. The fourth-order valence-electron chi connectivity index (χ4n) is 2.92. The number of benzene rings is 1. The minimum atomic E-state index is 0.0150. The van der Waals surface area contributed by atoms with E-state index in [0.29, 0.717) is 6.54 Å². The zero-order chi connectivity index (χ0) is 14.8. The van der Waals surface area contributed by atoms with E-state index in [9.17, 15) is 4.79 Å². The molecule has 1 fully saturated rings. The van der Waals surface area contributed by atoms with Crippen LogP contribution in [0.3, 0.4) is 0 Å². The fourth-order valence-corrected chi connectivity index (χ4v) is 2.92. The number of hydrogen-bond donors (Lipinski definition) is 0. The summed E-state index contributed by atoms with van der Waals surface area (Å²) in [5, 5.41) is 7.62. The van der Waals surface area contributed by atoms with E-state index in [1.54, 1.807) is 4.90 Å². The lowest BCUT2D eigenvalue weighted by atomic mass is 10.0. The summed E-state index contributed by atoms with van der Waals surface area (Å²) in [6.07, 6.45) is 3.26. The average Bonchev–Trinajstić information content (AvgIpc) is 2.94. The first-order valence-corrected chi connectivity index (χ1v) is 7.31. The number of carbonyl (C=O) groups excluding carboxylic acids is 1. The van der Waals surface area contributed by atoms with Crippen LogP contribution in [0.5, 0.6) is 0 Å². The minimum absolute atomic E-state index is 0.0150. The molecule has 6 heteroatoms. The number of amides is 1. The molecule has 1 aliphatic rings. The van der Waals surface area contributed by atoms with E-state index in [2.05, 4.69) is 15.2 Å². The van der Waals surface area contributed by atoms with Gasteiger partial charge in [-0.15, -0.1) is 0 Å². The molecule has 0 N–H and O–H groups in total. The maximum atomic E-state index is 12.6. The molecule has 3 rings (SSSR count). The van der Waals surface area contributed by atoms with Crippen molar-refractivity contribution in [1.82, 2.24) is 20.1 Å². The summed E-state index contributed by atoms with van der Waals surface area (Å²) in [5.41, 5.74) is 2.50. The second-order valence-corrected chi connectivity index (χ2v) is 5.77. The Morgan fingerprint density at radius 2 is 2.19 bits per heavy atom. The molecule has 1 amide bonds. The summed E-state index contributed by atoms with van der Waals surface area (Å²) in [5.74, 6) is 0.190. The molecule has 1 aromatic heterocycles. The molecule has 0 radical (unpaired) electrons. The van der Waals surface area contributed by atoms with Crippen LogP contribution in [0.15, 0.2) is 22.8 Å². The highest BCUT2D eigenvalue weighted by Gasteiger charge is 2.28. The number of likely N-dealkylation sites (tertiary alicyclic amines) is 1. The fraction of sp³-hybridized carbons (Fsp3) is 0.533. The topological polar surface area (TPSA) is 62.5 Å². The molecule has 2 heterocycles. The summed E-state index contributed by atoms with van der Waals surface area (Å²) in [7, 11) is 3.89. The predicted octanol–water partition coefficient (Wildman–Crippen LogP) is 1.67. The summed E-state index contributed by atoms with van der Waals surface area (Å²) in [6.45, 7) is 1.58. The molecule has 0 bridgehead atoms. The molecule has 1 unspecified atom stereocenters. The van der Waals surface area contributed by atoms with Gasteiger partial charge < -0.3 is 4.90 Å². The Hall–Kier alpha value is -1.95. The highest BCUT2D eigenvalue weighted by Crippen LogP contribution is 2.18. The number of aromatic nitrogens is 2. The van der Waals surface area contributed by atoms with Crippen molar-refractivity contribution in [1.29, 1.82) is 0 Å². The van der Waals surface area contributed by atoms with Gasteiger partial charge in [-0.3, -0.25) is 9.69 Å². The molecule has 0 aliphatic carbocycles. The number of carbonyl (C=O) groups is 1. The zero-order valence-electron chi connectivity index (χ0n) is 12.5. The van der Waals surface area contributed by atoms with Crippen LogP contribution in [0, 0.1) is 0 Å². The van der Waals surface area contributed by atoms with Gasteiger partial charge >= 0.3 is 0 Å². The van der Waals surface area contributed by atoms with E-state index >= 15 is 0 Å². The third kappa shape index (κ3) is 2.90. The van der Waals surface area contributed by atoms with Crippen LogP contribution in [0.25, 0.3) is 11.0 Å². The maximum absolute atomic E-state index is 12.6. The number of hydrogen-bond acceptors (Lipinski definition) is 5. The van der Waals surface area contributed by atoms with E-state index in [1.165, 1.54) is 6.42 Å². The lowest BCUT2D eigenvalue weighted by molar-refractivity contribution is -0.136. The van der Waals surface area contributed by atoms with Gasteiger partial charge in [-0.2, -0.15) is 0 Å². The van der Waals surface area contributed by atoms with E-state index in [0.717, 1.165) is 36.0 Å². The Morgan fingerprint density at radius 1 is 1.38 bits per heavy atom. The van der Waals surface area contributed by atoms with Crippen LogP contribution < -0.4 is 0 Å². The second kappa shape index (κ2) is 5.81. The standard InChI is InChI=1S/C15H20N4O2/c1-18-8-4-3-5-14(18)15(20)19(2)10-11-6-7-12-13(9-11)17-21-16-12/h6-7,9,14H,3-5,8,10H2,1-2H3. The number of nitrogens with zero attached hydrogens (tertiary/aromatic N) is 4. The Morgan fingerprint density at radius 3 is 3.00 bits per heavy atom. The lowest BCUT2D eigenvalue weighted by Gasteiger charge is -2.34. The molecule has 1 atom stereocenters. The average molecular weight is 288 g/mol. The maximum Gasteiger partial charge on any atom is 0.239 e. The van der Waals surface area contributed by atoms with Gasteiger partial charge in [0.05, 0.1) is 6.04 Å². The summed E-state index contributed by atoms with van der Waals surface area (Å²) in [4.78, 5) is 16.5. The van der Waals surface area contributed by atoms with Crippen LogP contribution in [0.1, 0.15) is 24.8 Å². The van der Waals surface area contributed by atoms with Crippen molar-refractivity contribution in [2.24, 2.45) is 0 Å². The van der Waals surface area contributed by atoms with E-state index < -0.39 is 0 Å².